The van der Waals surface area contributed by atoms with Crippen LogP contribution in [0.3, 0.4) is 0 Å². The van der Waals surface area contributed by atoms with Gasteiger partial charge < -0.3 is 0 Å². The van der Waals surface area contributed by atoms with Gasteiger partial charge in [0.25, 0.3) is 0 Å². The molecule has 0 saturated heterocycles. The minimum absolute atomic E-state index is 0.410. The predicted molar refractivity (Wildman–Crippen MR) is 78.1 cm³/mol. The molecule has 0 aliphatic heterocycles. The minimum Gasteiger partial charge on any atom is -0.0649 e. The van der Waals surface area contributed by atoms with Crippen molar-refractivity contribution in [3.8, 4) is 0 Å². The molecule has 0 aromatic rings. The second-order valence-electron chi connectivity index (χ2n) is 8.22. The normalized spacial score (nSPS) is 41.5. The summed E-state index contributed by atoms with van der Waals surface area (Å²) in [7, 11) is 0. The summed E-state index contributed by atoms with van der Waals surface area (Å²) in [6.07, 6.45) is 1.27. The fourth-order valence-electron chi connectivity index (χ4n) is 5.18. The molecule has 17 heavy (non-hydrogen) atoms. The molecule has 0 aromatic heterocycles. The van der Waals surface area contributed by atoms with E-state index in [0.717, 1.165) is 11.8 Å². The first-order valence-corrected chi connectivity index (χ1v) is 7.41. The molecule has 3 unspecified atom stereocenters. The summed E-state index contributed by atoms with van der Waals surface area (Å²) < 4.78 is 0. The van der Waals surface area contributed by atoms with Crippen LogP contribution in [0.15, 0.2) is 0 Å². The summed E-state index contributed by atoms with van der Waals surface area (Å²) in [6, 6.07) is 0. The average molecular weight is 238 g/mol. The molecule has 3 atom stereocenters. The van der Waals surface area contributed by atoms with Gasteiger partial charge >= 0.3 is 0 Å². The zero-order valence-electron chi connectivity index (χ0n) is 13.9. The third-order valence-electron chi connectivity index (χ3n) is 7.90. The topological polar surface area (TPSA) is 0 Å². The highest BCUT2D eigenvalue weighted by Gasteiger charge is 2.73. The summed E-state index contributed by atoms with van der Waals surface area (Å²) in [5, 5.41) is 0. The molecule has 1 aliphatic rings. The highest BCUT2D eigenvalue weighted by atomic mass is 14.8. The van der Waals surface area contributed by atoms with Crippen molar-refractivity contribution < 1.29 is 0 Å². The molecule has 1 saturated carbocycles. The molecule has 0 amide bonds. The van der Waals surface area contributed by atoms with Crippen molar-refractivity contribution in [2.45, 2.75) is 75.7 Å². The molecule has 0 spiro atoms. The number of hydrogen-bond acceptors (Lipinski definition) is 0. The Bertz CT molecular complexity index is 297. The molecule has 0 aromatic carbocycles. The van der Waals surface area contributed by atoms with Crippen LogP contribution in [0.4, 0.5) is 0 Å². The summed E-state index contributed by atoms with van der Waals surface area (Å²) in [6.45, 7) is 24.6. The van der Waals surface area contributed by atoms with E-state index in [0.29, 0.717) is 21.7 Å². The van der Waals surface area contributed by atoms with Crippen molar-refractivity contribution in [3.05, 3.63) is 0 Å². The van der Waals surface area contributed by atoms with Gasteiger partial charge in [0.15, 0.2) is 0 Å². The van der Waals surface area contributed by atoms with Crippen molar-refractivity contribution >= 4 is 0 Å². The lowest BCUT2D eigenvalue weighted by Crippen LogP contribution is -2.73. The van der Waals surface area contributed by atoms with E-state index in [1.165, 1.54) is 6.42 Å². The molecule has 0 heteroatoms. The molecule has 102 valence electrons. The monoisotopic (exact) mass is 238 g/mol. The average Bonchev–Trinajstić information content (AvgIpc) is 2.24. The maximum absolute atomic E-state index is 2.53. The Hall–Kier alpha value is 0. The van der Waals surface area contributed by atoms with Crippen LogP contribution in [0.2, 0.25) is 0 Å². The second-order valence-corrected chi connectivity index (χ2v) is 8.22. The van der Waals surface area contributed by atoms with E-state index in [1.54, 1.807) is 0 Å². The molecule has 0 heterocycles. The molecule has 1 aliphatic carbocycles. The van der Waals surface area contributed by atoms with Crippen molar-refractivity contribution in [2.75, 3.05) is 0 Å². The van der Waals surface area contributed by atoms with Crippen LogP contribution in [0.25, 0.3) is 0 Å². The van der Waals surface area contributed by atoms with E-state index >= 15 is 0 Å². The van der Waals surface area contributed by atoms with Gasteiger partial charge in [-0.25, -0.2) is 0 Å². The van der Waals surface area contributed by atoms with Gasteiger partial charge in [0.2, 0.25) is 0 Å². The zero-order chi connectivity index (χ0) is 13.9. The number of rotatable bonds is 3. The van der Waals surface area contributed by atoms with Crippen molar-refractivity contribution in [1.29, 1.82) is 0 Å². The molecule has 0 N–H and O–H groups in total. The van der Waals surface area contributed by atoms with E-state index < -0.39 is 0 Å². The highest BCUT2D eigenvalue weighted by molar-refractivity contribution is 5.20. The summed E-state index contributed by atoms with van der Waals surface area (Å²) in [5.41, 5.74) is 1.74. The van der Waals surface area contributed by atoms with Gasteiger partial charge in [-0.3, -0.25) is 0 Å². The van der Waals surface area contributed by atoms with Gasteiger partial charge in [-0.1, -0.05) is 75.7 Å². The maximum atomic E-state index is 2.53. The van der Waals surface area contributed by atoms with Crippen LogP contribution < -0.4 is 0 Å². The van der Waals surface area contributed by atoms with Crippen LogP contribution in [-0.2, 0) is 0 Å². The van der Waals surface area contributed by atoms with Gasteiger partial charge in [0.05, 0.1) is 0 Å². The van der Waals surface area contributed by atoms with E-state index in [2.05, 4.69) is 69.2 Å². The maximum Gasteiger partial charge on any atom is -0.0187 e. The van der Waals surface area contributed by atoms with Crippen LogP contribution in [-0.4, -0.2) is 0 Å². The molecular weight excluding hydrogens is 204 g/mol. The molecule has 1 fully saturated rings. The second kappa shape index (κ2) is 3.75. The van der Waals surface area contributed by atoms with E-state index in [-0.39, 0.29) is 0 Å². The molecule has 0 bridgehead atoms. The Morgan fingerprint density at radius 3 is 1.71 bits per heavy atom. The SMILES string of the molecule is CCC(C)(C)C1(C)C(C)C(C)(C(C)C)C1(C)C. The van der Waals surface area contributed by atoms with E-state index in [4.69, 9.17) is 0 Å². The molecule has 0 radical (unpaired) electrons. The fraction of sp³-hybridized carbons (Fsp3) is 1.00. The van der Waals surface area contributed by atoms with Crippen molar-refractivity contribution in [3.63, 3.8) is 0 Å². The zero-order valence-corrected chi connectivity index (χ0v) is 13.9. The first-order chi connectivity index (χ1) is 7.41. The number of hydrogen-bond donors (Lipinski definition) is 0. The summed E-state index contributed by atoms with van der Waals surface area (Å²) in [5.74, 6) is 1.55. The Morgan fingerprint density at radius 1 is 1.06 bits per heavy atom. The third-order valence-corrected chi connectivity index (χ3v) is 7.90. The lowest BCUT2D eigenvalue weighted by atomic mass is 9.26. The fourth-order valence-corrected chi connectivity index (χ4v) is 5.18. The Labute approximate surface area is 110 Å². The summed E-state index contributed by atoms with van der Waals surface area (Å²) in [4.78, 5) is 0. The largest absolute Gasteiger partial charge is 0.0649 e. The lowest BCUT2D eigenvalue weighted by molar-refractivity contribution is -0.304. The van der Waals surface area contributed by atoms with Gasteiger partial charge in [-0.15, -0.1) is 0 Å². The van der Waals surface area contributed by atoms with E-state index in [9.17, 15) is 0 Å². The quantitative estimate of drug-likeness (QED) is 0.586. The Balaban J connectivity index is 3.27. The lowest BCUT2D eigenvalue weighted by Gasteiger charge is -2.78. The highest BCUT2D eigenvalue weighted by Crippen LogP contribution is 2.78. The minimum atomic E-state index is 0.410. The summed E-state index contributed by atoms with van der Waals surface area (Å²) >= 11 is 0. The van der Waals surface area contributed by atoms with Gasteiger partial charge in [-0.05, 0) is 33.5 Å². The Morgan fingerprint density at radius 2 is 1.47 bits per heavy atom. The Kier molecular flexibility index (Phi) is 3.32. The first-order valence-electron chi connectivity index (χ1n) is 7.41. The molecular formula is C17H34. The van der Waals surface area contributed by atoms with E-state index in [1.807, 2.05) is 0 Å². The smallest absolute Gasteiger partial charge is 0.0187 e. The van der Waals surface area contributed by atoms with Crippen molar-refractivity contribution in [2.24, 2.45) is 33.5 Å². The van der Waals surface area contributed by atoms with Gasteiger partial charge in [-0.2, -0.15) is 0 Å². The van der Waals surface area contributed by atoms with Crippen molar-refractivity contribution in [1.82, 2.24) is 0 Å². The standard InChI is InChI=1S/C17H34/c1-11-14(5,6)17(10)13(4)16(9,12(2)3)15(17,7)8/h12-13H,11H2,1-10H3. The first kappa shape index (κ1) is 15.1. The van der Waals surface area contributed by atoms with Gasteiger partial charge in [0, 0.05) is 0 Å². The van der Waals surface area contributed by atoms with Crippen LogP contribution in [0.1, 0.15) is 75.7 Å². The van der Waals surface area contributed by atoms with Crippen LogP contribution in [0.5, 0.6) is 0 Å². The molecule has 0 nitrogen and oxygen atoms in total. The predicted octanol–water partition coefficient (Wildman–Crippen LogP) is 5.77. The van der Waals surface area contributed by atoms with Gasteiger partial charge in [0.1, 0.15) is 0 Å². The van der Waals surface area contributed by atoms with Crippen LogP contribution >= 0.6 is 0 Å². The third kappa shape index (κ3) is 1.36. The molecule has 1 rings (SSSR count). The van der Waals surface area contributed by atoms with Crippen LogP contribution in [0, 0.1) is 33.5 Å².